The average Bonchev–Trinajstić information content (AvgIpc) is 2.46. The second-order valence-electron chi connectivity index (χ2n) is 4.71. The third-order valence-electron chi connectivity index (χ3n) is 3.18. The number of ether oxygens (including phenoxy) is 1. The Hall–Kier alpha value is -1.90. The van der Waals surface area contributed by atoms with Crippen molar-refractivity contribution in [2.45, 2.75) is 6.61 Å². The van der Waals surface area contributed by atoms with Crippen LogP contribution >= 0.6 is 23.2 Å². The van der Waals surface area contributed by atoms with Crippen LogP contribution < -0.4 is 4.74 Å². The summed E-state index contributed by atoms with van der Waals surface area (Å²) in [7, 11) is 0. The minimum absolute atomic E-state index is 0.0167. The minimum Gasteiger partial charge on any atom is -0.508 e. The molecule has 0 atom stereocenters. The van der Waals surface area contributed by atoms with Crippen LogP contribution in [0.3, 0.4) is 0 Å². The summed E-state index contributed by atoms with van der Waals surface area (Å²) in [6.07, 6.45) is 0. The molecule has 0 unspecified atom stereocenters. The highest BCUT2D eigenvalue weighted by atomic mass is 35.5. The highest BCUT2D eigenvalue weighted by Gasteiger charge is 2.09. The van der Waals surface area contributed by atoms with E-state index in [0.29, 0.717) is 22.4 Å². The molecular weight excluding hydrogens is 307 g/mol. The van der Waals surface area contributed by atoms with Gasteiger partial charge in [-0.2, -0.15) is 0 Å². The molecular formula is C17H12Cl2O2. The first-order valence-electron chi connectivity index (χ1n) is 6.42. The van der Waals surface area contributed by atoms with E-state index < -0.39 is 0 Å². The Morgan fingerprint density at radius 3 is 2.24 bits per heavy atom. The lowest BCUT2D eigenvalue weighted by molar-refractivity contribution is 0.306. The standard InChI is InChI=1S/C17H12Cl2O2/c18-15-8-14(20)9-16(19)17(15)21-10-11-5-6-12-3-1-2-4-13(12)7-11/h1-9,20H,10H2. The molecule has 0 spiro atoms. The van der Waals surface area contributed by atoms with Crippen molar-refractivity contribution in [3.8, 4) is 11.5 Å². The summed E-state index contributed by atoms with van der Waals surface area (Å²) >= 11 is 12.1. The number of phenolic OH excluding ortho intramolecular Hbond substituents is 1. The Balaban J connectivity index is 1.83. The van der Waals surface area contributed by atoms with Crippen molar-refractivity contribution in [1.29, 1.82) is 0 Å². The van der Waals surface area contributed by atoms with Crippen molar-refractivity contribution in [2.24, 2.45) is 0 Å². The molecule has 4 heteroatoms. The summed E-state index contributed by atoms with van der Waals surface area (Å²) in [5.41, 5.74) is 1.02. The van der Waals surface area contributed by atoms with Crippen molar-refractivity contribution in [2.75, 3.05) is 0 Å². The maximum absolute atomic E-state index is 9.40. The van der Waals surface area contributed by atoms with Gasteiger partial charge in [-0.3, -0.25) is 0 Å². The van der Waals surface area contributed by atoms with Gasteiger partial charge in [-0.25, -0.2) is 0 Å². The molecule has 1 N–H and O–H groups in total. The number of aromatic hydroxyl groups is 1. The van der Waals surface area contributed by atoms with E-state index in [-0.39, 0.29) is 5.75 Å². The van der Waals surface area contributed by atoms with Gasteiger partial charge in [0.2, 0.25) is 0 Å². The van der Waals surface area contributed by atoms with Crippen molar-refractivity contribution in [3.05, 3.63) is 70.2 Å². The summed E-state index contributed by atoms with van der Waals surface area (Å²) in [6.45, 7) is 0.356. The SMILES string of the molecule is Oc1cc(Cl)c(OCc2ccc3ccccc3c2)c(Cl)c1. The molecule has 0 aliphatic carbocycles. The highest BCUT2D eigenvalue weighted by Crippen LogP contribution is 2.36. The Labute approximate surface area is 132 Å². The largest absolute Gasteiger partial charge is 0.508 e. The minimum atomic E-state index is 0.0167. The quantitative estimate of drug-likeness (QED) is 0.697. The van der Waals surface area contributed by atoms with E-state index in [1.807, 2.05) is 24.3 Å². The number of rotatable bonds is 3. The van der Waals surface area contributed by atoms with E-state index >= 15 is 0 Å². The summed E-state index contributed by atoms with van der Waals surface area (Å²) in [5.74, 6) is 0.396. The van der Waals surface area contributed by atoms with Crippen LogP contribution in [-0.4, -0.2) is 5.11 Å². The van der Waals surface area contributed by atoms with E-state index in [1.165, 1.54) is 17.5 Å². The summed E-state index contributed by atoms with van der Waals surface area (Å²) < 4.78 is 5.68. The van der Waals surface area contributed by atoms with Crippen LogP contribution in [-0.2, 0) is 6.61 Å². The van der Waals surface area contributed by atoms with Crippen LogP contribution in [0.5, 0.6) is 11.5 Å². The van der Waals surface area contributed by atoms with Gasteiger partial charge in [-0.15, -0.1) is 0 Å². The van der Waals surface area contributed by atoms with Crippen LogP contribution in [0.15, 0.2) is 54.6 Å². The molecule has 0 aliphatic heterocycles. The number of phenols is 1. The third-order valence-corrected chi connectivity index (χ3v) is 3.74. The Morgan fingerprint density at radius 1 is 0.857 bits per heavy atom. The Bertz CT molecular complexity index is 777. The molecule has 0 heterocycles. The first kappa shape index (κ1) is 14.1. The van der Waals surface area contributed by atoms with E-state index in [0.717, 1.165) is 10.9 Å². The summed E-state index contributed by atoms with van der Waals surface area (Å²) in [4.78, 5) is 0. The van der Waals surface area contributed by atoms with Gasteiger partial charge in [-0.1, -0.05) is 59.6 Å². The van der Waals surface area contributed by atoms with Crippen LogP contribution in [0.2, 0.25) is 10.0 Å². The van der Waals surface area contributed by atoms with E-state index in [4.69, 9.17) is 27.9 Å². The van der Waals surface area contributed by atoms with Crippen LogP contribution in [0, 0.1) is 0 Å². The molecule has 106 valence electrons. The van der Waals surface area contributed by atoms with E-state index in [1.54, 1.807) is 0 Å². The Kier molecular flexibility index (Phi) is 3.91. The zero-order valence-corrected chi connectivity index (χ0v) is 12.5. The molecule has 21 heavy (non-hydrogen) atoms. The van der Waals surface area contributed by atoms with Crippen molar-refractivity contribution in [3.63, 3.8) is 0 Å². The molecule has 3 rings (SSSR count). The molecule has 0 aromatic heterocycles. The molecule has 3 aromatic carbocycles. The van der Waals surface area contributed by atoms with E-state index in [2.05, 4.69) is 18.2 Å². The first-order valence-corrected chi connectivity index (χ1v) is 7.17. The number of halogens is 2. The summed E-state index contributed by atoms with van der Waals surface area (Å²) in [5, 5.41) is 12.3. The molecule has 3 aromatic rings. The maximum Gasteiger partial charge on any atom is 0.157 e. The van der Waals surface area contributed by atoms with Gasteiger partial charge in [0, 0.05) is 12.1 Å². The fraction of sp³-hybridized carbons (Fsp3) is 0.0588. The van der Waals surface area contributed by atoms with Gasteiger partial charge in [0.1, 0.15) is 12.4 Å². The predicted molar refractivity (Wildman–Crippen MR) is 86.4 cm³/mol. The van der Waals surface area contributed by atoms with Gasteiger partial charge in [0.05, 0.1) is 10.0 Å². The molecule has 0 aliphatic rings. The fourth-order valence-corrected chi connectivity index (χ4v) is 2.75. The predicted octanol–water partition coefficient (Wildman–Crippen LogP) is 5.43. The van der Waals surface area contributed by atoms with Gasteiger partial charge in [-0.05, 0) is 22.4 Å². The number of benzene rings is 3. The smallest absolute Gasteiger partial charge is 0.157 e. The lowest BCUT2D eigenvalue weighted by atomic mass is 10.1. The van der Waals surface area contributed by atoms with Crippen LogP contribution in [0.4, 0.5) is 0 Å². The Morgan fingerprint density at radius 2 is 1.52 bits per heavy atom. The van der Waals surface area contributed by atoms with Gasteiger partial charge in [0.25, 0.3) is 0 Å². The van der Waals surface area contributed by atoms with Crippen LogP contribution in [0.25, 0.3) is 10.8 Å². The lowest BCUT2D eigenvalue weighted by Crippen LogP contribution is -1.96. The number of hydrogen-bond acceptors (Lipinski definition) is 2. The zero-order chi connectivity index (χ0) is 14.8. The molecule has 0 bridgehead atoms. The molecule has 2 nitrogen and oxygen atoms in total. The van der Waals surface area contributed by atoms with E-state index in [9.17, 15) is 5.11 Å². The van der Waals surface area contributed by atoms with Crippen molar-refractivity contribution in [1.82, 2.24) is 0 Å². The van der Waals surface area contributed by atoms with Crippen molar-refractivity contribution >= 4 is 34.0 Å². The normalized spacial score (nSPS) is 10.8. The van der Waals surface area contributed by atoms with Crippen LogP contribution in [0.1, 0.15) is 5.56 Å². The monoisotopic (exact) mass is 318 g/mol. The van der Waals surface area contributed by atoms with Gasteiger partial charge < -0.3 is 9.84 Å². The lowest BCUT2D eigenvalue weighted by Gasteiger charge is -2.11. The summed E-state index contributed by atoms with van der Waals surface area (Å²) in [6, 6.07) is 17.1. The van der Waals surface area contributed by atoms with Gasteiger partial charge in [0.15, 0.2) is 5.75 Å². The molecule has 0 saturated carbocycles. The average molecular weight is 319 g/mol. The first-order chi connectivity index (χ1) is 10.1. The highest BCUT2D eigenvalue weighted by molar-refractivity contribution is 6.37. The van der Waals surface area contributed by atoms with Gasteiger partial charge >= 0.3 is 0 Å². The topological polar surface area (TPSA) is 29.5 Å². The second kappa shape index (κ2) is 5.84. The van der Waals surface area contributed by atoms with Crippen molar-refractivity contribution < 1.29 is 9.84 Å². The maximum atomic E-state index is 9.40. The second-order valence-corrected chi connectivity index (χ2v) is 5.52. The molecule has 0 radical (unpaired) electrons. The fourth-order valence-electron chi connectivity index (χ4n) is 2.17. The molecule has 0 fully saturated rings. The molecule has 0 amide bonds. The zero-order valence-electron chi connectivity index (χ0n) is 11.0. The molecule has 0 saturated heterocycles. The third kappa shape index (κ3) is 3.07. The number of hydrogen-bond donors (Lipinski definition) is 1. The number of fused-ring (bicyclic) bond motifs is 1.